The van der Waals surface area contributed by atoms with Crippen molar-refractivity contribution in [3.8, 4) is 0 Å². The Kier molecular flexibility index (Phi) is 2.78. The average Bonchev–Trinajstić information content (AvgIpc) is 1.73. The van der Waals surface area contributed by atoms with Gasteiger partial charge in [0, 0.05) is 13.1 Å². The van der Waals surface area contributed by atoms with E-state index in [2.05, 4.69) is 13.8 Å². The van der Waals surface area contributed by atoms with Gasteiger partial charge >= 0.3 is 0 Å². The summed E-state index contributed by atoms with van der Waals surface area (Å²) in [6, 6.07) is 0. The summed E-state index contributed by atoms with van der Waals surface area (Å²) in [6.07, 6.45) is 2.42. The summed E-state index contributed by atoms with van der Waals surface area (Å²) in [5.41, 5.74) is 0. The third kappa shape index (κ3) is 2.45. The second kappa shape index (κ2) is 3.34. The van der Waals surface area contributed by atoms with Gasteiger partial charge in [0.15, 0.2) is 0 Å². The van der Waals surface area contributed by atoms with Crippen LogP contribution in [0.25, 0.3) is 0 Å². The van der Waals surface area contributed by atoms with Crippen LogP contribution in [-0.4, -0.2) is 32.1 Å². The molecular formula is C8H17NO2S. The smallest absolute Gasteiger partial charge is 0.211 e. The topological polar surface area (TPSA) is 37.4 Å². The van der Waals surface area contributed by atoms with E-state index in [0.29, 0.717) is 11.8 Å². The van der Waals surface area contributed by atoms with Crippen LogP contribution in [-0.2, 0) is 10.0 Å². The first-order chi connectivity index (χ1) is 5.39. The largest absolute Gasteiger partial charge is 0.213 e. The molecule has 72 valence electrons. The Balaban J connectivity index is 2.30. The molecule has 0 N–H and O–H groups in total. The van der Waals surface area contributed by atoms with Crippen molar-refractivity contribution in [1.82, 2.24) is 4.31 Å². The van der Waals surface area contributed by atoms with Crippen molar-refractivity contribution >= 4 is 10.0 Å². The minimum Gasteiger partial charge on any atom is -0.213 e. The van der Waals surface area contributed by atoms with E-state index in [9.17, 15) is 8.42 Å². The Morgan fingerprint density at radius 3 is 2.25 bits per heavy atom. The highest BCUT2D eigenvalue weighted by atomic mass is 32.2. The van der Waals surface area contributed by atoms with E-state index < -0.39 is 10.0 Å². The molecule has 1 aliphatic rings. The fraction of sp³-hybridized carbons (Fsp3) is 1.00. The maximum atomic E-state index is 11.0. The molecule has 0 aromatic rings. The van der Waals surface area contributed by atoms with Crippen LogP contribution in [0.3, 0.4) is 0 Å². The minimum absolute atomic E-state index is 0.597. The summed E-state index contributed by atoms with van der Waals surface area (Å²) in [5, 5.41) is 0. The highest BCUT2D eigenvalue weighted by Crippen LogP contribution is 2.24. The first-order valence-electron chi connectivity index (χ1n) is 4.34. The lowest BCUT2D eigenvalue weighted by Gasteiger charge is -2.38. The molecule has 0 aromatic heterocycles. The molecule has 0 atom stereocenters. The first-order valence-corrected chi connectivity index (χ1v) is 6.19. The lowest BCUT2D eigenvalue weighted by molar-refractivity contribution is 0.175. The molecule has 0 unspecified atom stereocenters. The normalized spacial score (nSPS) is 21.3. The molecule has 1 fully saturated rings. The van der Waals surface area contributed by atoms with Gasteiger partial charge in [-0.2, -0.15) is 0 Å². The zero-order valence-corrected chi connectivity index (χ0v) is 8.76. The van der Waals surface area contributed by atoms with Crippen molar-refractivity contribution in [1.29, 1.82) is 0 Å². The fourth-order valence-electron chi connectivity index (χ4n) is 1.61. The lowest BCUT2D eigenvalue weighted by Crippen LogP contribution is -2.49. The van der Waals surface area contributed by atoms with Crippen molar-refractivity contribution in [3.05, 3.63) is 0 Å². The zero-order chi connectivity index (χ0) is 9.35. The molecule has 0 aliphatic carbocycles. The fourth-order valence-corrected chi connectivity index (χ4v) is 2.57. The monoisotopic (exact) mass is 191 g/mol. The summed E-state index contributed by atoms with van der Waals surface area (Å²) >= 11 is 0. The van der Waals surface area contributed by atoms with E-state index in [1.54, 1.807) is 4.31 Å². The molecule has 4 heteroatoms. The van der Waals surface area contributed by atoms with Gasteiger partial charge in [0.25, 0.3) is 0 Å². The standard InChI is InChI=1S/C8H17NO2S/c1-7(2)4-8-5-9(6-8)12(3,10)11/h7-8H,4-6H2,1-3H3. The molecule has 3 nitrogen and oxygen atoms in total. The SMILES string of the molecule is CC(C)CC1CN(S(C)(=O)=O)C1. The average molecular weight is 191 g/mol. The molecule has 0 spiro atoms. The van der Waals surface area contributed by atoms with Gasteiger partial charge in [-0.1, -0.05) is 13.8 Å². The van der Waals surface area contributed by atoms with Crippen LogP contribution in [0.4, 0.5) is 0 Å². The lowest BCUT2D eigenvalue weighted by atomic mass is 9.92. The van der Waals surface area contributed by atoms with E-state index in [0.717, 1.165) is 19.5 Å². The zero-order valence-electron chi connectivity index (χ0n) is 7.95. The molecule has 1 rings (SSSR count). The van der Waals surface area contributed by atoms with Crippen LogP contribution in [0.1, 0.15) is 20.3 Å². The van der Waals surface area contributed by atoms with E-state index in [1.165, 1.54) is 6.26 Å². The Bertz CT molecular complexity index is 240. The summed E-state index contributed by atoms with van der Waals surface area (Å²) in [4.78, 5) is 0. The number of hydrogen-bond donors (Lipinski definition) is 0. The predicted molar refractivity (Wildman–Crippen MR) is 49.4 cm³/mol. The van der Waals surface area contributed by atoms with Gasteiger partial charge in [-0.25, -0.2) is 12.7 Å². The minimum atomic E-state index is -2.90. The van der Waals surface area contributed by atoms with Crippen molar-refractivity contribution in [2.45, 2.75) is 20.3 Å². The van der Waals surface area contributed by atoms with E-state index in [4.69, 9.17) is 0 Å². The van der Waals surface area contributed by atoms with Gasteiger partial charge in [-0.3, -0.25) is 0 Å². The van der Waals surface area contributed by atoms with E-state index >= 15 is 0 Å². The summed E-state index contributed by atoms with van der Waals surface area (Å²) in [7, 11) is -2.90. The van der Waals surface area contributed by atoms with Gasteiger partial charge in [0.1, 0.15) is 0 Å². The molecule has 1 heterocycles. The van der Waals surface area contributed by atoms with E-state index in [-0.39, 0.29) is 0 Å². The Morgan fingerprint density at radius 1 is 1.42 bits per heavy atom. The van der Waals surface area contributed by atoms with Crippen LogP contribution in [0.5, 0.6) is 0 Å². The molecule has 1 saturated heterocycles. The molecule has 0 bridgehead atoms. The highest BCUT2D eigenvalue weighted by Gasteiger charge is 2.32. The van der Waals surface area contributed by atoms with Crippen LogP contribution in [0.2, 0.25) is 0 Å². The van der Waals surface area contributed by atoms with Crippen molar-refractivity contribution in [2.24, 2.45) is 11.8 Å². The molecular weight excluding hydrogens is 174 g/mol. The Hall–Kier alpha value is -0.0900. The number of rotatable bonds is 3. The summed E-state index contributed by atoms with van der Waals surface area (Å²) < 4.78 is 23.5. The van der Waals surface area contributed by atoms with Gasteiger partial charge in [0.2, 0.25) is 10.0 Å². The van der Waals surface area contributed by atoms with Gasteiger partial charge in [-0.05, 0) is 18.3 Å². The van der Waals surface area contributed by atoms with Crippen LogP contribution < -0.4 is 0 Å². The van der Waals surface area contributed by atoms with Crippen LogP contribution in [0.15, 0.2) is 0 Å². The van der Waals surface area contributed by atoms with Crippen LogP contribution in [0, 0.1) is 11.8 Å². The van der Waals surface area contributed by atoms with Crippen molar-refractivity contribution in [3.63, 3.8) is 0 Å². The molecule has 1 aliphatic heterocycles. The summed E-state index contributed by atoms with van der Waals surface area (Å²) in [6.45, 7) is 5.81. The molecule has 0 radical (unpaired) electrons. The molecule has 0 saturated carbocycles. The van der Waals surface area contributed by atoms with Crippen molar-refractivity contribution < 1.29 is 8.42 Å². The third-order valence-corrected chi connectivity index (χ3v) is 3.43. The van der Waals surface area contributed by atoms with Crippen LogP contribution >= 0.6 is 0 Å². The number of sulfonamides is 1. The maximum absolute atomic E-state index is 11.0. The maximum Gasteiger partial charge on any atom is 0.211 e. The Labute approximate surface area is 74.8 Å². The van der Waals surface area contributed by atoms with Crippen molar-refractivity contribution in [2.75, 3.05) is 19.3 Å². The second-order valence-corrected chi connectivity index (χ2v) is 6.06. The molecule has 0 aromatic carbocycles. The first kappa shape index (κ1) is 9.99. The predicted octanol–water partition coefficient (Wildman–Crippen LogP) is 0.924. The van der Waals surface area contributed by atoms with Gasteiger partial charge in [-0.15, -0.1) is 0 Å². The summed E-state index contributed by atoms with van der Waals surface area (Å²) in [5.74, 6) is 1.27. The second-order valence-electron chi connectivity index (χ2n) is 4.08. The number of nitrogens with zero attached hydrogens (tertiary/aromatic N) is 1. The van der Waals surface area contributed by atoms with E-state index in [1.807, 2.05) is 0 Å². The Morgan fingerprint density at radius 2 is 1.92 bits per heavy atom. The quantitative estimate of drug-likeness (QED) is 0.665. The number of hydrogen-bond acceptors (Lipinski definition) is 2. The van der Waals surface area contributed by atoms with Gasteiger partial charge in [0.05, 0.1) is 6.26 Å². The third-order valence-electron chi connectivity index (χ3n) is 2.20. The highest BCUT2D eigenvalue weighted by molar-refractivity contribution is 7.88. The molecule has 0 amide bonds. The molecule has 12 heavy (non-hydrogen) atoms. The van der Waals surface area contributed by atoms with Gasteiger partial charge < -0.3 is 0 Å².